The number of hydrogen-bond donors (Lipinski definition) is 1. The molecule has 0 bridgehead atoms. The van der Waals surface area contributed by atoms with E-state index in [1.807, 2.05) is 11.8 Å². The number of nitrogens with zero attached hydrogens (tertiary/aromatic N) is 1. The van der Waals surface area contributed by atoms with Gasteiger partial charge in [0.25, 0.3) is 0 Å². The number of thioether (sulfide) groups is 1. The number of benzene rings is 1. The summed E-state index contributed by atoms with van der Waals surface area (Å²) in [6.07, 6.45) is 3.70. The highest BCUT2D eigenvalue weighted by atomic mass is 32.2. The first-order valence-electron chi connectivity index (χ1n) is 7.31. The summed E-state index contributed by atoms with van der Waals surface area (Å²) in [6.45, 7) is 1.08. The van der Waals surface area contributed by atoms with E-state index in [-0.39, 0.29) is 12.1 Å². The fourth-order valence-electron chi connectivity index (χ4n) is 2.97. The maximum Gasteiger partial charge on any atom is 0.0953 e. The monoisotopic (exact) mass is 277 g/mol. The van der Waals surface area contributed by atoms with Crippen molar-refractivity contribution in [3.63, 3.8) is 0 Å². The largest absolute Gasteiger partial charge is 0.387 e. The maximum atomic E-state index is 10.6. The van der Waals surface area contributed by atoms with E-state index in [2.05, 4.69) is 36.2 Å². The second-order valence-electron chi connectivity index (χ2n) is 5.86. The molecule has 0 aromatic heterocycles. The molecule has 1 saturated heterocycles. The van der Waals surface area contributed by atoms with Crippen molar-refractivity contribution in [2.45, 2.75) is 37.3 Å². The van der Waals surface area contributed by atoms with E-state index >= 15 is 0 Å². The highest BCUT2D eigenvalue weighted by molar-refractivity contribution is 7.99. The van der Waals surface area contributed by atoms with Gasteiger partial charge in [-0.1, -0.05) is 30.7 Å². The van der Waals surface area contributed by atoms with Crippen LogP contribution in [0.1, 0.15) is 42.4 Å². The van der Waals surface area contributed by atoms with Crippen molar-refractivity contribution in [3.8, 4) is 0 Å². The van der Waals surface area contributed by atoms with Gasteiger partial charge in [-0.15, -0.1) is 0 Å². The minimum absolute atomic E-state index is 0.258. The van der Waals surface area contributed by atoms with Crippen molar-refractivity contribution in [1.82, 2.24) is 4.90 Å². The molecular formula is C16H23NOS. The predicted octanol–water partition coefficient (Wildman–Crippen LogP) is 3.03. The molecule has 1 N–H and O–H groups in total. The molecule has 2 aliphatic rings. The molecule has 2 nitrogen and oxygen atoms in total. The Morgan fingerprint density at radius 2 is 2.00 bits per heavy atom. The van der Waals surface area contributed by atoms with Crippen LogP contribution < -0.4 is 0 Å². The van der Waals surface area contributed by atoms with Crippen molar-refractivity contribution in [1.29, 1.82) is 0 Å². The molecule has 104 valence electrons. The average Bonchev–Trinajstić information content (AvgIpc) is 2.37. The topological polar surface area (TPSA) is 23.5 Å². The third-order valence-corrected chi connectivity index (χ3v) is 5.71. The van der Waals surface area contributed by atoms with Gasteiger partial charge in [-0.3, -0.25) is 4.90 Å². The van der Waals surface area contributed by atoms with Crippen LogP contribution in [0.25, 0.3) is 0 Å². The first kappa shape index (κ1) is 13.5. The standard InChI is InChI=1S/C16H23NOS/c1-17-9-10-19-11-15(17)16(18)14-7-5-13(6-8-14)12-3-2-4-12/h5-8,12,15-16,18H,2-4,9-11H2,1H3. The highest BCUT2D eigenvalue weighted by Crippen LogP contribution is 2.37. The van der Waals surface area contributed by atoms with E-state index in [4.69, 9.17) is 0 Å². The zero-order chi connectivity index (χ0) is 13.2. The number of aliphatic hydroxyl groups excluding tert-OH is 1. The molecule has 1 aliphatic carbocycles. The SMILES string of the molecule is CN1CCSCC1C(O)c1ccc(C2CCC2)cc1. The molecule has 0 spiro atoms. The molecule has 2 fully saturated rings. The molecular weight excluding hydrogens is 254 g/mol. The number of aliphatic hydroxyl groups is 1. The van der Waals surface area contributed by atoms with E-state index in [9.17, 15) is 5.11 Å². The smallest absolute Gasteiger partial charge is 0.0953 e. The van der Waals surface area contributed by atoms with Crippen molar-refractivity contribution in [3.05, 3.63) is 35.4 Å². The van der Waals surface area contributed by atoms with E-state index < -0.39 is 0 Å². The highest BCUT2D eigenvalue weighted by Gasteiger charge is 2.28. The number of likely N-dealkylation sites (N-methyl/N-ethyl adjacent to an activating group) is 1. The minimum Gasteiger partial charge on any atom is -0.387 e. The van der Waals surface area contributed by atoms with Crippen LogP contribution in [-0.4, -0.2) is 41.1 Å². The van der Waals surface area contributed by atoms with Crippen LogP contribution in [0.2, 0.25) is 0 Å². The van der Waals surface area contributed by atoms with Gasteiger partial charge in [0, 0.05) is 24.1 Å². The quantitative estimate of drug-likeness (QED) is 0.918. The van der Waals surface area contributed by atoms with E-state index in [0.29, 0.717) is 0 Å². The molecule has 2 unspecified atom stereocenters. The molecule has 1 aromatic carbocycles. The summed E-state index contributed by atoms with van der Waals surface area (Å²) < 4.78 is 0. The summed E-state index contributed by atoms with van der Waals surface area (Å²) in [4.78, 5) is 2.29. The van der Waals surface area contributed by atoms with Crippen molar-refractivity contribution < 1.29 is 5.11 Å². The molecule has 1 heterocycles. The zero-order valence-corrected chi connectivity index (χ0v) is 12.4. The maximum absolute atomic E-state index is 10.6. The lowest BCUT2D eigenvalue weighted by molar-refractivity contribution is 0.0758. The second-order valence-corrected chi connectivity index (χ2v) is 7.01. The summed E-state index contributed by atoms with van der Waals surface area (Å²) >= 11 is 1.95. The molecule has 0 amide bonds. The Hall–Kier alpha value is -0.510. The molecule has 2 atom stereocenters. The lowest BCUT2D eigenvalue weighted by Crippen LogP contribution is -2.43. The van der Waals surface area contributed by atoms with Gasteiger partial charge in [0.1, 0.15) is 0 Å². The van der Waals surface area contributed by atoms with Gasteiger partial charge in [-0.05, 0) is 36.9 Å². The molecule has 1 aliphatic heterocycles. The Labute approximate surface area is 120 Å². The Kier molecular flexibility index (Phi) is 4.15. The Morgan fingerprint density at radius 1 is 1.26 bits per heavy atom. The summed E-state index contributed by atoms with van der Waals surface area (Å²) in [5, 5.41) is 10.6. The first-order valence-corrected chi connectivity index (χ1v) is 8.47. The van der Waals surface area contributed by atoms with Crippen molar-refractivity contribution >= 4 is 11.8 Å². The summed E-state index contributed by atoms with van der Waals surface area (Å²) in [5.41, 5.74) is 2.52. The second kappa shape index (κ2) is 5.86. The molecule has 3 rings (SSSR count). The Bertz CT molecular complexity index is 415. The summed E-state index contributed by atoms with van der Waals surface area (Å²) in [6, 6.07) is 8.96. The van der Waals surface area contributed by atoms with Crippen LogP contribution in [-0.2, 0) is 0 Å². The molecule has 0 radical (unpaired) electrons. The summed E-state index contributed by atoms with van der Waals surface area (Å²) in [7, 11) is 2.12. The van der Waals surface area contributed by atoms with Gasteiger partial charge in [-0.2, -0.15) is 11.8 Å². The van der Waals surface area contributed by atoms with Crippen LogP contribution in [0, 0.1) is 0 Å². The summed E-state index contributed by atoms with van der Waals surface area (Å²) in [5.74, 6) is 2.99. The van der Waals surface area contributed by atoms with E-state index in [0.717, 1.165) is 23.8 Å². The predicted molar refractivity (Wildman–Crippen MR) is 81.7 cm³/mol. The van der Waals surface area contributed by atoms with Gasteiger partial charge in [0.15, 0.2) is 0 Å². The van der Waals surface area contributed by atoms with Gasteiger partial charge >= 0.3 is 0 Å². The Morgan fingerprint density at radius 3 is 2.58 bits per heavy atom. The van der Waals surface area contributed by atoms with Gasteiger partial charge < -0.3 is 5.11 Å². The third-order valence-electron chi connectivity index (χ3n) is 4.66. The van der Waals surface area contributed by atoms with E-state index in [1.54, 1.807) is 0 Å². The van der Waals surface area contributed by atoms with E-state index in [1.165, 1.54) is 30.6 Å². The van der Waals surface area contributed by atoms with Crippen molar-refractivity contribution in [2.75, 3.05) is 25.1 Å². The molecule has 1 saturated carbocycles. The minimum atomic E-state index is -0.353. The van der Waals surface area contributed by atoms with Gasteiger partial charge in [0.05, 0.1) is 6.10 Å². The molecule has 3 heteroatoms. The molecule has 19 heavy (non-hydrogen) atoms. The lowest BCUT2D eigenvalue weighted by Gasteiger charge is -2.35. The normalized spacial score (nSPS) is 26.9. The third kappa shape index (κ3) is 2.83. The van der Waals surface area contributed by atoms with Crippen LogP contribution in [0.3, 0.4) is 0 Å². The Balaban J connectivity index is 1.70. The number of hydrogen-bond acceptors (Lipinski definition) is 3. The lowest BCUT2D eigenvalue weighted by atomic mass is 9.80. The number of rotatable bonds is 3. The van der Waals surface area contributed by atoms with Gasteiger partial charge in [-0.25, -0.2) is 0 Å². The van der Waals surface area contributed by atoms with Crippen molar-refractivity contribution in [2.24, 2.45) is 0 Å². The molecule has 1 aromatic rings. The fourth-order valence-corrected chi connectivity index (χ4v) is 4.23. The zero-order valence-electron chi connectivity index (χ0n) is 11.6. The van der Waals surface area contributed by atoms with Gasteiger partial charge in [0.2, 0.25) is 0 Å². The van der Waals surface area contributed by atoms with Crippen LogP contribution >= 0.6 is 11.8 Å². The van der Waals surface area contributed by atoms with Crippen LogP contribution in [0.4, 0.5) is 0 Å². The average molecular weight is 277 g/mol. The van der Waals surface area contributed by atoms with Crippen LogP contribution in [0.15, 0.2) is 24.3 Å². The van der Waals surface area contributed by atoms with Crippen LogP contribution in [0.5, 0.6) is 0 Å². The fraction of sp³-hybridized carbons (Fsp3) is 0.625. The first-order chi connectivity index (χ1) is 9.25.